The van der Waals surface area contributed by atoms with Crippen molar-refractivity contribution in [3.8, 4) is 11.1 Å². The van der Waals surface area contributed by atoms with Crippen LogP contribution in [0.5, 0.6) is 0 Å². The SMILES string of the molecule is CC(C)c1cc(-c2cccnc2)c(C(=O)O)c(C(F)(F)F)c1. The summed E-state index contributed by atoms with van der Waals surface area (Å²) in [6.45, 7) is 3.51. The highest BCUT2D eigenvalue weighted by Crippen LogP contribution is 2.39. The zero-order chi connectivity index (χ0) is 16.5. The number of pyridine rings is 1. The van der Waals surface area contributed by atoms with Crippen LogP contribution in [0.2, 0.25) is 0 Å². The number of alkyl halides is 3. The van der Waals surface area contributed by atoms with Gasteiger partial charge in [0.05, 0.1) is 11.1 Å². The molecule has 0 fully saturated rings. The Hall–Kier alpha value is -2.37. The van der Waals surface area contributed by atoms with E-state index in [-0.39, 0.29) is 11.5 Å². The van der Waals surface area contributed by atoms with E-state index < -0.39 is 23.3 Å². The van der Waals surface area contributed by atoms with Gasteiger partial charge in [-0.05, 0) is 35.2 Å². The number of carbonyl (C=O) groups is 1. The number of benzene rings is 1. The Bertz CT molecular complexity index is 695. The number of hydrogen-bond donors (Lipinski definition) is 1. The Labute approximate surface area is 125 Å². The van der Waals surface area contributed by atoms with Crippen molar-refractivity contribution in [1.82, 2.24) is 4.98 Å². The van der Waals surface area contributed by atoms with Crippen LogP contribution in [0.3, 0.4) is 0 Å². The lowest BCUT2D eigenvalue weighted by molar-refractivity contribution is -0.138. The van der Waals surface area contributed by atoms with Crippen LogP contribution in [0.25, 0.3) is 11.1 Å². The van der Waals surface area contributed by atoms with Crippen molar-refractivity contribution in [2.75, 3.05) is 0 Å². The molecule has 2 aromatic rings. The number of carboxylic acids is 1. The van der Waals surface area contributed by atoms with Gasteiger partial charge in [0.2, 0.25) is 0 Å². The molecule has 0 radical (unpaired) electrons. The average Bonchev–Trinajstić information content (AvgIpc) is 2.45. The minimum absolute atomic E-state index is 0.0270. The second-order valence-corrected chi connectivity index (χ2v) is 5.19. The summed E-state index contributed by atoms with van der Waals surface area (Å²) >= 11 is 0. The summed E-state index contributed by atoms with van der Waals surface area (Å²) in [6.07, 6.45) is -1.91. The summed E-state index contributed by atoms with van der Waals surface area (Å²) < 4.78 is 39.8. The summed E-state index contributed by atoms with van der Waals surface area (Å²) in [6, 6.07) is 5.49. The molecule has 6 heteroatoms. The molecule has 0 saturated carbocycles. The molecule has 2 rings (SSSR count). The molecule has 0 aliphatic carbocycles. The fourth-order valence-corrected chi connectivity index (χ4v) is 2.20. The number of hydrogen-bond acceptors (Lipinski definition) is 2. The molecule has 1 N–H and O–H groups in total. The average molecular weight is 309 g/mol. The van der Waals surface area contributed by atoms with Crippen molar-refractivity contribution < 1.29 is 23.1 Å². The van der Waals surface area contributed by atoms with E-state index in [2.05, 4.69) is 4.98 Å². The van der Waals surface area contributed by atoms with E-state index in [1.165, 1.54) is 18.5 Å². The normalized spacial score (nSPS) is 11.7. The number of aromatic nitrogens is 1. The third-order valence-corrected chi connectivity index (χ3v) is 3.32. The molecule has 0 aliphatic heterocycles. The zero-order valence-electron chi connectivity index (χ0n) is 12.0. The van der Waals surface area contributed by atoms with Gasteiger partial charge in [-0.1, -0.05) is 19.9 Å². The lowest BCUT2D eigenvalue weighted by atomic mass is 9.89. The second-order valence-electron chi connectivity index (χ2n) is 5.19. The monoisotopic (exact) mass is 309 g/mol. The third kappa shape index (κ3) is 3.10. The van der Waals surface area contributed by atoms with Crippen molar-refractivity contribution in [3.63, 3.8) is 0 Å². The fourth-order valence-electron chi connectivity index (χ4n) is 2.20. The fraction of sp³-hybridized carbons (Fsp3) is 0.250. The summed E-state index contributed by atoms with van der Waals surface area (Å²) in [5.41, 5.74) is -1.09. The Morgan fingerprint density at radius 1 is 1.27 bits per heavy atom. The van der Waals surface area contributed by atoms with E-state index in [1.807, 2.05) is 0 Å². The molecule has 116 valence electrons. The van der Waals surface area contributed by atoms with E-state index in [4.69, 9.17) is 0 Å². The van der Waals surface area contributed by atoms with Crippen molar-refractivity contribution in [2.24, 2.45) is 0 Å². The molecule has 22 heavy (non-hydrogen) atoms. The molecule has 0 aliphatic rings. The largest absolute Gasteiger partial charge is 0.478 e. The van der Waals surface area contributed by atoms with Gasteiger partial charge in [0.15, 0.2) is 0 Å². The van der Waals surface area contributed by atoms with Crippen LogP contribution >= 0.6 is 0 Å². The first-order chi connectivity index (χ1) is 10.2. The maximum absolute atomic E-state index is 13.3. The van der Waals surface area contributed by atoms with Crippen LogP contribution in [0.4, 0.5) is 13.2 Å². The molecule has 0 bridgehead atoms. The standard InChI is InChI=1S/C16H14F3NO2/c1-9(2)11-6-12(10-4-3-5-20-8-10)14(15(21)22)13(7-11)16(17,18)19/h3-9H,1-2H3,(H,21,22). The van der Waals surface area contributed by atoms with E-state index in [1.54, 1.807) is 26.0 Å². The van der Waals surface area contributed by atoms with Crippen molar-refractivity contribution in [2.45, 2.75) is 25.9 Å². The van der Waals surface area contributed by atoms with Gasteiger partial charge in [0, 0.05) is 18.0 Å². The number of aromatic carboxylic acids is 1. The predicted octanol–water partition coefficient (Wildman–Crippen LogP) is 4.59. The van der Waals surface area contributed by atoms with E-state index >= 15 is 0 Å². The molecular weight excluding hydrogens is 295 g/mol. The Morgan fingerprint density at radius 3 is 2.41 bits per heavy atom. The third-order valence-electron chi connectivity index (χ3n) is 3.32. The van der Waals surface area contributed by atoms with Crippen LogP contribution in [0.1, 0.15) is 41.3 Å². The smallest absolute Gasteiger partial charge is 0.417 e. The second kappa shape index (κ2) is 5.79. The minimum atomic E-state index is -4.74. The number of rotatable bonds is 3. The molecule has 1 aromatic carbocycles. The summed E-state index contributed by atoms with van der Waals surface area (Å²) in [7, 11) is 0. The van der Waals surface area contributed by atoms with E-state index in [0.29, 0.717) is 11.1 Å². The lowest BCUT2D eigenvalue weighted by Crippen LogP contribution is -2.15. The summed E-state index contributed by atoms with van der Waals surface area (Å²) in [4.78, 5) is 15.3. The number of nitrogens with zero attached hydrogens (tertiary/aromatic N) is 1. The molecule has 1 heterocycles. The number of halogens is 3. The van der Waals surface area contributed by atoms with Crippen LogP contribution in [-0.2, 0) is 6.18 Å². The van der Waals surface area contributed by atoms with E-state index in [0.717, 1.165) is 6.07 Å². The van der Waals surface area contributed by atoms with Gasteiger partial charge >= 0.3 is 12.1 Å². The first-order valence-corrected chi connectivity index (χ1v) is 6.60. The van der Waals surface area contributed by atoms with Gasteiger partial charge in [0.25, 0.3) is 0 Å². The first-order valence-electron chi connectivity index (χ1n) is 6.60. The first kappa shape index (κ1) is 16.0. The molecule has 1 aromatic heterocycles. The topological polar surface area (TPSA) is 50.2 Å². The molecule has 0 spiro atoms. The van der Waals surface area contributed by atoms with Crippen LogP contribution in [0, 0.1) is 0 Å². The molecule has 0 atom stereocenters. The maximum atomic E-state index is 13.3. The van der Waals surface area contributed by atoms with Gasteiger partial charge < -0.3 is 5.11 Å². The van der Waals surface area contributed by atoms with Gasteiger partial charge in [-0.3, -0.25) is 4.98 Å². The Morgan fingerprint density at radius 2 is 1.95 bits per heavy atom. The maximum Gasteiger partial charge on any atom is 0.417 e. The van der Waals surface area contributed by atoms with E-state index in [9.17, 15) is 23.1 Å². The lowest BCUT2D eigenvalue weighted by Gasteiger charge is -2.18. The molecule has 0 amide bonds. The Balaban J connectivity index is 2.86. The van der Waals surface area contributed by atoms with Gasteiger partial charge in [-0.2, -0.15) is 13.2 Å². The quantitative estimate of drug-likeness (QED) is 0.902. The highest BCUT2D eigenvalue weighted by molar-refractivity contribution is 5.98. The van der Waals surface area contributed by atoms with Crippen LogP contribution in [-0.4, -0.2) is 16.1 Å². The van der Waals surface area contributed by atoms with Gasteiger partial charge in [-0.25, -0.2) is 4.79 Å². The van der Waals surface area contributed by atoms with Gasteiger partial charge in [-0.15, -0.1) is 0 Å². The minimum Gasteiger partial charge on any atom is -0.478 e. The highest BCUT2D eigenvalue weighted by atomic mass is 19.4. The molecule has 0 unspecified atom stereocenters. The zero-order valence-corrected chi connectivity index (χ0v) is 12.0. The predicted molar refractivity (Wildman–Crippen MR) is 75.7 cm³/mol. The van der Waals surface area contributed by atoms with Crippen molar-refractivity contribution in [1.29, 1.82) is 0 Å². The molecular formula is C16H14F3NO2. The van der Waals surface area contributed by atoms with Crippen molar-refractivity contribution >= 4 is 5.97 Å². The Kier molecular flexibility index (Phi) is 4.21. The van der Waals surface area contributed by atoms with Crippen LogP contribution < -0.4 is 0 Å². The summed E-state index contributed by atoms with van der Waals surface area (Å²) in [5.74, 6) is -1.78. The molecule has 3 nitrogen and oxygen atoms in total. The highest BCUT2D eigenvalue weighted by Gasteiger charge is 2.37. The van der Waals surface area contributed by atoms with Crippen LogP contribution in [0.15, 0.2) is 36.7 Å². The van der Waals surface area contributed by atoms with Gasteiger partial charge in [0.1, 0.15) is 0 Å². The molecule has 0 saturated heterocycles. The summed E-state index contributed by atoms with van der Waals surface area (Å²) in [5, 5.41) is 9.28. The number of carboxylic acid groups (broad SMARTS) is 1. The van der Waals surface area contributed by atoms with Crippen molar-refractivity contribution in [3.05, 3.63) is 53.3 Å².